The molecule has 2 aromatic heterocycles. The summed E-state index contributed by atoms with van der Waals surface area (Å²) in [7, 11) is 0. The number of ketones is 1. The van der Waals surface area contributed by atoms with Gasteiger partial charge in [0.05, 0.1) is 5.75 Å². The number of anilines is 1. The lowest BCUT2D eigenvalue weighted by molar-refractivity contribution is -0.113. The number of nitrogens with zero attached hydrogens (tertiary/aromatic N) is 4. The molecule has 0 radical (unpaired) electrons. The van der Waals surface area contributed by atoms with Crippen molar-refractivity contribution in [3.63, 3.8) is 0 Å². The number of carbonyl (C=O) groups is 2. The summed E-state index contributed by atoms with van der Waals surface area (Å²) >= 11 is 1.24. The van der Waals surface area contributed by atoms with Gasteiger partial charge in [-0.05, 0) is 39.0 Å². The molecule has 0 bridgehead atoms. The smallest absolute Gasteiger partial charge is 0.253 e. The first-order valence-corrected chi connectivity index (χ1v) is 8.65. The minimum Gasteiger partial charge on any atom is -0.325 e. The molecule has 3 aromatic rings. The van der Waals surface area contributed by atoms with Crippen molar-refractivity contribution in [2.75, 3.05) is 11.1 Å². The molecule has 0 saturated heterocycles. The molecular formula is C17H17N5O2S. The van der Waals surface area contributed by atoms with Crippen LogP contribution in [0.15, 0.2) is 35.5 Å². The van der Waals surface area contributed by atoms with Crippen molar-refractivity contribution in [1.82, 2.24) is 19.6 Å². The third kappa shape index (κ3) is 4.03. The number of nitrogens with one attached hydrogen (secondary N) is 1. The Bertz CT molecular complexity index is 967. The van der Waals surface area contributed by atoms with Crippen LogP contribution in [-0.2, 0) is 4.79 Å². The molecule has 0 aliphatic carbocycles. The van der Waals surface area contributed by atoms with Gasteiger partial charge in [0.25, 0.3) is 5.78 Å². The van der Waals surface area contributed by atoms with Crippen LogP contribution in [0.3, 0.4) is 0 Å². The molecule has 3 rings (SSSR count). The number of aromatic nitrogens is 4. The molecule has 8 heteroatoms. The summed E-state index contributed by atoms with van der Waals surface area (Å²) < 4.78 is 1.66. The van der Waals surface area contributed by atoms with Crippen molar-refractivity contribution in [3.8, 4) is 0 Å². The molecule has 1 N–H and O–H groups in total. The van der Waals surface area contributed by atoms with E-state index in [2.05, 4.69) is 20.4 Å². The molecular weight excluding hydrogens is 338 g/mol. The Morgan fingerprint density at radius 1 is 1.20 bits per heavy atom. The SMILES string of the molecule is CC(=O)c1cccc(NC(=O)CSc2nc3nc(C)cc(C)n3n2)c1. The average molecular weight is 355 g/mol. The summed E-state index contributed by atoms with van der Waals surface area (Å²) in [4.78, 5) is 32.1. The minimum absolute atomic E-state index is 0.0439. The van der Waals surface area contributed by atoms with Gasteiger partial charge in [0.1, 0.15) is 0 Å². The number of hydrogen-bond donors (Lipinski definition) is 1. The molecule has 2 heterocycles. The van der Waals surface area contributed by atoms with Crippen molar-refractivity contribution in [1.29, 1.82) is 0 Å². The predicted octanol–water partition coefficient (Wildman–Crippen LogP) is 2.67. The standard InChI is InChI=1S/C17H17N5O2S/c1-10-7-11(2)22-16(18-10)20-17(21-22)25-9-15(24)19-14-6-4-5-13(8-14)12(3)23/h4-8H,9H2,1-3H3,(H,19,24). The van der Waals surface area contributed by atoms with Crippen LogP contribution in [0.2, 0.25) is 0 Å². The van der Waals surface area contributed by atoms with Gasteiger partial charge in [-0.25, -0.2) is 9.50 Å². The van der Waals surface area contributed by atoms with Crippen LogP contribution < -0.4 is 5.32 Å². The molecule has 0 unspecified atom stereocenters. The topological polar surface area (TPSA) is 89.2 Å². The summed E-state index contributed by atoms with van der Waals surface area (Å²) in [6, 6.07) is 8.77. The number of hydrogen-bond acceptors (Lipinski definition) is 6. The van der Waals surface area contributed by atoms with E-state index in [1.165, 1.54) is 18.7 Å². The van der Waals surface area contributed by atoms with Crippen LogP contribution in [0, 0.1) is 13.8 Å². The third-order valence-corrected chi connectivity index (χ3v) is 4.32. The van der Waals surface area contributed by atoms with Gasteiger partial charge in [-0.2, -0.15) is 4.98 Å². The van der Waals surface area contributed by atoms with Gasteiger partial charge in [0.2, 0.25) is 11.1 Å². The quantitative estimate of drug-likeness (QED) is 0.559. The molecule has 1 amide bonds. The average Bonchev–Trinajstić information content (AvgIpc) is 2.96. The molecule has 0 saturated carbocycles. The fraction of sp³-hybridized carbons (Fsp3) is 0.235. The maximum Gasteiger partial charge on any atom is 0.253 e. The fourth-order valence-corrected chi connectivity index (χ4v) is 2.97. The lowest BCUT2D eigenvalue weighted by atomic mass is 10.1. The lowest BCUT2D eigenvalue weighted by Gasteiger charge is -2.05. The number of thioether (sulfide) groups is 1. The molecule has 0 spiro atoms. The van der Waals surface area contributed by atoms with E-state index in [1.807, 2.05) is 19.9 Å². The minimum atomic E-state index is -0.189. The number of aryl methyl sites for hydroxylation is 2. The van der Waals surface area contributed by atoms with Crippen molar-refractivity contribution < 1.29 is 9.59 Å². The van der Waals surface area contributed by atoms with Crippen LogP contribution in [0.1, 0.15) is 28.7 Å². The third-order valence-electron chi connectivity index (χ3n) is 3.48. The Kier molecular flexibility index (Phi) is 4.80. The Morgan fingerprint density at radius 3 is 2.76 bits per heavy atom. The molecule has 0 atom stereocenters. The first-order valence-electron chi connectivity index (χ1n) is 7.67. The van der Waals surface area contributed by atoms with Gasteiger partial charge >= 0.3 is 0 Å². The maximum absolute atomic E-state index is 12.1. The molecule has 0 aliphatic heterocycles. The summed E-state index contributed by atoms with van der Waals surface area (Å²) in [5.74, 6) is 0.455. The van der Waals surface area contributed by atoms with E-state index in [-0.39, 0.29) is 17.4 Å². The number of carbonyl (C=O) groups excluding carboxylic acids is 2. The Labute approximate surface area is 148 Å². The van der Waals surface area contributed by atoms with Crippen LogP contribution in [-0.4, -0.2) is 37.0 Å². The van der Waals surface area contributed by atoms with E-state index in [0.717, 1.165) is 11.4 Å². The van der Waals surface area contributed by atoms with Crippen molar-refractivity contribution in [2.24, 2.45) is 0 Å². The highest BCUT2D eigenvalue weighted by atomic mass is 32.2. The first-order chi connectivity index (χ1) is 11.9. The van der Waals surface area contributed by atoms with E-state index in [1.54, 1.807) is 28.8 Å². The van der Waals surface area contributed by atoms with Gasteiger partial charge in [0.15, 0.2) is 5.78 Å². The monoisotopic (exact) mass is 355 g/mol. The molecule has 0 aliphatic rings. The molecule has 1 aromatic carbocycles. The van der Waals surface area contributed by atoms with Gasteiger partial charge in [-0.1, -0.05) is 23.9 Å². The zero-order chi connectivity index (χ0) is 18.0. The first kappa shape index (κ1) is 17.1. The summed E-state index contributed by atoms with van der Waals surface area (Å²) in [5.41, 5.74) is 2.96. The Hall–Kier alpha value is -2.74. The largest absolute Gasteiger partial charge is 0.325 e. The summed E-state index contributed by atoms with van der Waals surface area (Å²) in [6.07, 6.45) is 0. The second kappa shape index (κ2) is 7.02. The number of fused-ring (bicyclic) bond motifs is 1. The summed E-state index contributed by atoms with van der Waals surface area (Å²) in [5, 5.41) is 7.62. The van der Waals surface area contributed by atoms with Crippen molar-refractivity contribution >= 4 is 34.9 Å². The van der Waals surface area contributed by atoms with E-state index in [0.29, 0.717) is 22.2 Å². The number of benzene rings is 1. The van der Waals surface area contributed by atoms with E-state index in [9.17, 15) is 9.59 Å². The lowest BCUT2D eigenvalue weighted by Crippen LogP contribution is -2.14. The number of amides is 1. The molecule has 0 fully saturated rings. The maximum atomic E-state index is 12.1. The normalized spacial score (nSPS) is 10.8. The van der Waals surface area contributed by atoms with E-state index >= 15 is 0 Å². The highest BCUT2D eigenvalue weighted by Crippen LogP contribution is 2.17. The summed E-state index contributed by atoms with van der Waals surface area (Å²) in [6.45, 7) is 5.32. The highest BCUT2D eigenvalue weighted by molar-refractivity contribution is 7.99. The van der Waals surface area contributed by atoms with Gasteiger partial charge in [0, 0.05) is 22.6 Å². The van der Waals surface area contributed by atoms with Crippen molar-refractivity contribution in [3.05, 3.63) is 47.3 Å². The van der Waals surface area contributed by atoms with Crippen LogP contribution >= 0.6 is 11.8 Å². The highest BCUT2D eigenvalue weighted by Gasteiger charge is 2.11. The second-order valence-electron chi connectivity index (χ2n) is 5.62. The molecule has 25 heavy (non-hydrogen) atoms. The van der Waals surface area contributed by atoms with Gasteiger partial charge < -0.3 is 5.32 Å². The van der Waals surface area contributed by atoms with E-state index < -0.39 is 0 Å². The van der Waals surface area contributed by atoms with Crippen molar-refractivity contribution in [2.45, 2.75) is 25.9 Å². The zero-order valence-electron chi connectivity index (χ0n) is 14.1. The number of Topliss-reactive ketones (excluding diaryl/α,β-unsaturated/α-hetero) is 1. The zero-order valence-corrected chi connectivity index (χ0v) is 14.9. The number of rotatable bonds is 5. The van der Waals surface area contributed by atoms with Gasteiger partial charge in [-0.3, -0.25) is 9.59 Å². The second-order valence-corrected chi connectivity index (χ2v) is 6.56. The fourth-order valence-electron chi connectivity index (χ4n) is 2.35. The predicted molar refractivity (Wildman–Crippen MR) is 96.1 cm³/mol. The van der Waals surface area contributed by atoms with Crippen LogP contribution in [0.4, 0.5) is 5.69 Å². The molecule has 7 nitrogen and oxygen atoms in total. The van der Waals surface area contributed by atoms with Gasteiger partial charge in [-0.15, -0.1) is 5.10 Å². The molecule has 128 valence electrons. The van der Waals surface area contributed by atoms with E-state index in [4.69, 9.17) is 0 Å². The Morgan fingerprint density at radius 2 is 2.00 bits per heavy atom. The van der Waals surface area contributed by atoms with Crippen LogP contribution in [0.5, 0.6) is 0 Å². The Balaban J connectivity index is 1.65. The van der Waals surface area contributed by atoms with Crippen LogP contribution in [0.25, 0.3) is 5.78 Å².